The summed E-state index contributed by atoms with van der Waals surface area (Å²) < 4.78 is 29.9. The van der Waals surface area contributed by atoms with Gasteiger partial charge in [0.05, 0.1) is 30.3 Å². The van der Waals surface area contributed by atoms with Crippen molar-refractivity contribution >= 4 is 50.0 Å². The maximum Gasteiger partial charge on any atom is 0.251 e. The number of hydrogen-bond donors (Lipinski definition) is 0. The topological polar surface area (TPSA) is 76.0 Å². The van der Waals surface area contributed by atoms with Crippen molar-refractivity contribution in [3.05, 3.63) is 23.2 Å². The Balaban J connectivity index is 1.72. The summed E-state index contributed by atoms with van der Waals surface area (Å²) >= 11 is 7.59. The first-order valence-corrected chi connectivity index (χ1v) is 12.6. The maximum atomic E-state index is 12.8. The molecule has 9 heteroatoms. The Labute approximate surface area is 174 Å². The van der Waals surface area contributed by atoms with Crippen molar-refractivity contribution in [3.8, 4) is 5.75 Å². The molecular weight excluding hydrogens is 420 g/mol. The second-order valence-electron chi connectivity index (χ2n) is 7.55. The number of nitrogens with zero attached hydrogens (tertiary/aromatic N) is 2. The van der Waals surface area contributed by atoms with Gasteiger partial charge in [0, 0.05) is 16.2 Å². The van der Waals surface area contributed by atoms with Gasteiger partial charge in [-0.15, -0.1) is 0 Å². The zero-order valence-electron chi connectivity index (χ0n) is 15.6. The molecule has 4 rings (SSSR count). The molecule has 3 fully saturated rings. The normalized spacial score (nSPS) is 28.5. The van der Waals surface area contributed by atoms with E-state index < -0.39 is 9.84 Å². The molecule has 1 aliphatic carbocycles. The van der Waals surface area contributed by atoms with Crippen LogP contribution in [0.4, 0.5) is 5.69 Å². The van der Waals surface area contributed by atoms with Crippen LogP contribution in [0.25, 0.3) is 0 Å². The number of halogens is 1. The average Bonchev–Trinajstić information content (AvgIpc) is 3.13. The summed E-state index contributed by atoms with van der Waals surface area (Å²) in [5.41, 5.74) is 0.655. The van der Waals surface area contributed by atoms with E-state index in [9.17, 15) is 13.2 Å². The summed E-state index contributed by atoms with van der Waals surface area (Å²) in [5, 5.41) is 0.927. The van der Waals surface area contributed by atoms with Gasteiger partial charge in [-0.2, -0.15) is 4.99 Å². The van der Waals surface area contributed by atoms with Crippen molar-refractivity contribution in [2.24, 2.45) is 10.9 Å². The molecule has 1 saturated carbocycles. The van der Waals surface area contributed by atoms with E-state index >= 15 is 0 Å². The zero-order chi connectivity index (χ0) is 19.9. The number of hydrogen-bond acceptors (Lipinski definition) is 5. The molecule has 0 radical (unpaired) electrons. The van der Waals surface area contributed by atoms with Gasteiger partial charge in [-0.05, 0) is 31.0 Å². The van der Waals surface area contributed by atoms with Crippen molar-refractivity contribution in [1.82, 2.24) is 0 Å². The van der Waals surface area contributed by atoms with Crippen LogP contribution in [0.5, 0.6) is 5.75 Å². The highest BCUT2D eigenvalue weighted by Crippen LogP contribution is 2.44. The SMILES string of the molecule is COc1ccc(Cl)cc1N1C(=NC(=O)C2CCCCC2)S[C@@H]2CS(=O)(=O)C[C@@H]21. The average molecular weight is 443 g/mol. The molecule has 2 saturated heterocycles. The van der Waals surface area contributed by atoms with E-state index in [2.05, 4.69) is 4.99 Å². The number of rotatable bonds is 3. The van der Waals surface area contributed by atoms with E-state index in [1.54, 1.807) is 25.3 Å². The number of methoxy groups -OCH3 is 1. The fourth-order valence-electron chi connectivity index (χ4n) is 4.23. The van der Waals surface area contributed by atoms with Crippen LogP contribution in [0.2, 0.25) is 5.02 Å². The number of benzene rings is 1. The van der Waals surface area contributed by atoms with Gasteiger partial charge in [0.25, 0.3) is 5.91 Å². The number of sulfone groups is 1. The van der Waals surface area contributed by atoms with Crippen LogP contribution in [-0.4, -0.2) is 49.4 Å². The minimum Gasteiger partial charge on any atom is -0.495 e. The lowest BCUT2D eigenvalue weighted by molar-refractivity contribution is -0.122. The Morgan fingerprint density at radius 2 is 2.00 bits per heavy atom. The van der Waals surface area contributed by atoms with Crippen LogP contribution in [0.3, 0.4) is 0 Å². The van der Waals surface area contributed by atoms with Crippen LogP contribution >= 0.6 is 23.4 Å². The van der Waals surface area contributed by atoms with Crippen LogP contribution < -0.4 is 9.64 Å². The molecule has 0 N–H and O–H groups in total. The molecule has 1 amide bonds. The number of ether oxygens (including phenoxy) is 1. The zero-order valence-corrected chi connectivity index (χ0v) is 18.0. The first kappa shape index (κ1) is 20.0. The van der Waals surface area contributed by atoms with Crippen LogP contribution in [0.1, 0.15) is 32.1 Å². The van der Waals surface area contributed by atoms with E-state index in [-0.39, 0.29) is 34.6 Å². The molecule has 152 valence electrons. The van der Waals surface area contributed by atoms with Gasteiger partial charge in [-0.25, -0.2) is 8.42 Å². The minimum absolute atomic E-state index is 0.0332. The number of aliphatic imine (C=N–C) groups is 1. The standard InChI is InChI=1S/C19H23ClN2O4S2/c1-26-16-8-7-13(20)9-14(16)22-15-10-28(24,25)11-17(15)27-19(22)21-18(23)12-5-3-2-4-6-12/h7-9,12,15,17H,2-6,10-11H2,1H3/t15-,17+/m0/s1. The fourth-order valence-corrected chi connectivity index (χ4v) is 8.31. The number of thioether (sulfide) groups is 1. The van der Waals surface area contributed by atoms with Crippen molar-refractivity contribution in [2.75, 3.05) is 23.5 Å². The Morgan fingerprint density at radius 3 is 2.71 bits per heavy atom. The van der Waals surface area contributed by atoms with E-state index in [1.165, 1.54) is 18.2 Å². The van der Waals surface area contributed by atoms with Crippen molar-refractivity contribution in [1.29, 1.82) is 0 Å². The molecule has 0 unspecified atom stereocenters. The number of amides is 1. The van der Waals surface area contributed by atoms with Gasteiger partial charge in [0.2, 0.25) is 0 Å². The molecular formula is C19H23ClN2O4S2. The lowest BCUT2D eigenvalue weighted by Gasteiger charge is -2.27. The predicted molar refractivity (Wildman–Crippen MR) is 113 cm³/mol. The summed E-state index contributed by atoms with van der Waals surface area (Å²) in [5.74, 6) is 0.577. The molecule has 6 nitrogen and oxygen atoms in total. The third-order valence-corrected chi connectivity index (χ3v) is 9.07. The predicted octanol–water partition coefficient (Wildman–Crippen LogP) is 3.53. The third kappa shape index (κ3) is 3.91. The van der Waals surface area contributed by atoms with Gasteiger partial charge < -0.3 is 9.64 Å². The highest BCUT2D eigenvalue weighted by Gasteiger charge is 2.50. The third-order valence-electron chi connectivity index (χ3n) is 5.63. The van der Waals surface area contributed by atoms with E-state index in [0.29, 0.717) is 21.6 Å². The van der Waals surface area contributed by atoms with Crippen molar-refractivity contribution < 1.29 is 17.9 Å². The second-order valence-corrected chi connectivity index (χ2v) is 11.4. The summed E-state index contributed by atoms with van der Waals surface area (Å²) in [6, 6.07) is 4.94. The van der Waals surface area contributed by atoms with Crippen molar-refractivity contribution in [2.45, 2.75) is 43.4 Å². The van der Waals surface area contributed by atoms with Gasteiger partial charge in [0.15, 0.2) is 15.0 Å². The summed E-state index contributed by atoms with van der Waals surface area (Å²) in [6.07, 6.45) is 5.04. The largest absolute Gasteiger partial charge is 0.495 e. The molecule has 28 heavy (non-hydrogen) atoms. The van der Waals surface area contributed by atoms with Crippen molar-refractivity contribution in [3.63, 3.8) is 0 Å². The molecule has 3 aliphatic rings. The number of carbonyl (C=O) groups excluding carboxylic acids is 1. The van der Waals surface area contributed by atoms with Gasteiger partial charge in [0.1, 0.15) is 5.75 Å². The molecule has 1 aromatic carbocycles. The quantitative estimate of drug-likeness (QED) is 0.712. The molecule has 0 spiro atoms. The van der Waals surface area contributed by atoms with E-state index in [1.807, 2.05) is 4.90 Å². The van der Waals surface area contributed by atoms with Gasteiger partial charge in [-0.1, -0.05) is 42.6 Å². The second kappa shape index (κ2) is 7.88. The number of anilines is 1. The van der Waals surface area contributed by atoms with Gasteiger partial charge >= 0.3 is 0 Å². The Bertz CT molecular complexity index is 913. The molecule has 2 heterocycles. The number of carbonyl (C=O) groups is 1. The Kier molecular flexibility index (Phi) is 5.64. The Hall–Kier alpha value is -1.25. The van der Waals surface area contributed by atoms with E-state index in [0.717, 1.165) is 25.7 Å². The van der Waals surface area contributed by atoms with Crippen LogP contribution in [0, 0.1) is 5.92 Å². The molecule has 1 aromatic rings. The fraction of sp³-hybridized carbons (Fsp3) is 0.579. The number of fused-ring (bicyclic) bond motifs is 1. The van der Waals surface area contributed by atoms with Crippen LogP contribution in [-0.2, 0) is 14.6 Å². The highest BCUT2D eigenvalue weighted by atomic mass is 35.5. The lowest BCUT2D eigenvalue weighted by Crippen LogP contribution is -2.38. The summed E-state index contributed by atoms with van der Waals surface area (Å²) in [6.45, 7) is 0. The smallest absolute Gasteiger partial charge is 0.251 e. The minimum atomic E-state index is -3.12. The first-order chi connectivity index (χ1) is 13.4. The first-order valence-electron chi connectivity index (χ1n) is 9.50. The molecule has 2 atom stereocenters. The monoisotopic (exact) mass is 442 g/mol. The lowest BCUT2D eigenvalue weighted by atomic mass is 9.89. The molecule has 2 aliphatic heterocycles. The van der Waals surface area contributed by atoms with Gasteiger partial charge in [-0.3, -0.25) is 4.79 Å². The molecule has 0 bridgehead atoms. The van der Waals surface area contributed by atoms with E-state index in [4.69, 9.17) is 16.3 Å². The Morgan fingerprint density at radius 1 is 1.25 bits per heavy atom. The molecule has 0 aromatic heterocycles. The highest BCUT2D eigenvalue weighted by molar-refractivity contribution is 8.16. The van der Waals surface area contributed by atoms with Crippen LogP contribution in [0.15, 0.2) is 23.2 Å². The summed E-state index contributed by atoms with van der Waals surface area (Å²) in [7, 11) is -1.57. The number of amidine groups is 1. The summed E-state index contributed by atoms with van der Waals surface area (Å²) in [4.78, 5) is 19.1. The maximum absolute atomic E-state index is 12.8.